The van der Waals surface area contributed by atoms with E-state index in [0.717, 1.165) is 12.3 Å². The topological polar surface area (TPSA) is 79.9 Å². The maximum Gasteiger partial charge on any atom is 0.189 e. The molecule has 1 unspecified atom stereocenters. The van der Waals surface area contributed by atoms with Gasteiger partial charge < -0.3 is 20.9 Å². The Morgan fingerprint density at radius 3 is 2.68 bits per heavy atom. The van der Waals surface area contributed by atoms with Crippen molar-refractivity contribution in [2.45, 2.75) is 52.6 Å². The van der Waals surface area contributed by atoms with Crippen molar-refractivity contribution in [2.24, 2.45) is 16.6 Å². The van der Waals surface area contributed by atoms with Crippen LogP contribution in [0.2, 0.25) is 0 Å². The molecule has 0 fully saturated rings. The molecule has 4 N–H and O–H groups in total. The fraction of sp³-hybridized carbons (Fsp3) is 0.588. The second kappa shape index (κ2) is 9.18. The van der Waals surface area contributed by atoms with Crippen molar-refractivity contribution in [1.82, 2.24) is 5.32 Å². The fourth-order valence-electron chi connectivity index (χ4n) is 2.23. The Bertz CT molecular complexity index is 487. The van der Waals surface area contributed by atoms with Gasteiger partial charge in [0, 0.05) is 11.6 Å². The fourth-order valence-corrected chi connectivity index (χ4v) is 2.23. The van der Waals surface area contributed by atoms with E-state index >= 15 is 0 Å². The third kappa shape index (κ3) is 6.24. The molecule has 1 atom stereocenters. The van der Waals surface area contributed by atoms with Gasteiger partial charge in [0.15, 0.2) is 17.5 Å². The minimum Gasteiger partial charge on any atom is -0.504 e. The van der Waals surface area contributed by atoms with Crippen LogP contribution in [-0.2, 0) is 6.54 Å². The lowest BCUT2D eigenvalue weighted by molar-refractivity contribution is 0.370. The highest BCUT2D eigenvalue weighted by Gasteiger charge is 2.07. The highest BCUT2D eigenvalue weighted by molar-refractivity contribution is 5.78. The van der Waals surface area contributed by atoms with Gasteiger partial charge in [0.25, 0.3) is 0 Å². The van der Waals surface area contributed by atoms with Crippen molar-refractivity contribution >= 4 is 5.96 Å². The molecular weight excluding hydrogens is 278 g/mol. The van der Waals surface area contributed by atoms with E-state index in [2.05, 4.69) is 31.1 Å². The van der Waals surface area contributed by atoms with Gasteiger partial charge in [-0.2, -0.15) is 0 Å². The molecule has 0 heterocycles. The monoisotopic (exact) mass is 307 g/mol. The number of aromatic hydroxyl groups is 1. The van der Waals surface area contributed by atoms with Gasteiger partial charge in [0.2, 0.25) is 0 Å². The number of nitrogens with two attached hydrogens (primary N) is 1. The van der Waals surface area contributed by atoms with E-state index in [1.807, 2.05) is 6.07 Å². The molecule has 0 aliphatic heterocycles. The summed E-state index contributed by atoms with van der Waals surface area (Å²) in [6, 6.07) is 5.63. The standard InChI is InChI=1S/C17H29N3O2/c1-12(2)7-5-8-13(3)20-17(18)19-11-14-9-6-10-15(22-4)16(14)21/h6,9-10,12-13,21H,5,7-8,11H2,1-4H3,(H3,18,19,20). The SMILES string of the molecule is COc1cccc(CN=C(N)NC(C)CCCC(C)C)c1O. The van der Waals surface area contributed by atoms with Gasteiger partial charge in [-0.15, -0.1) is 0 Å². The minimum absolute atomic E-state index is 0.117. The molecule has 0 spiro atoms. The normalized spacial score (nSPS) is 13.2. The number of aliphatic imine (C=N–C) groups is 1. The van der Waals surface area contributed by atoms with Gasteiger partial charge in [0.05, 0.1) is 13.7 Å². The number of phenols is 1. The number of methoxy groups -OCH3 is 1. The molecule has 0 aliphatic rings. The summed E-state index contributed by atoms with van der Waals surface area (Å²) in [6.07, 6.45) is 3.47. The summed E-state index contributed by atoms with van der Waals surface area (Å²) in [5.41, 5.74) is 6.59. The lowest BCUT2D eigenvalue weighted by Crippen LogP contribution is -2.38. The molecule has 0 bridgehead atoms. The van der Waals surface area contributed by atoms with Crippen LogP contribution in [0.25, 0.3) is 0 Å². The molecule has 5 nitrogen and oxygen atoms in total. The quantitative estimate of drug-likeness (QED) is 0.509. The number of nitrogens with zero attached hydrogens (tertiary/aromatic N) is 1. The van der Waals surface area contributed by atoms with Crippen LogP contribution in [0.1, 0.15) is 45.6 Å². The molecule has 0 saturated heterocycles. The zero-order valence-electron chi connectivity index (χ0n) is 14.1. The average molecular weight is 307 g/mol. The number of ether oxygens (including phenoxy) is 1. The van der Waals surface area contributed by atoms with Crippen LogP contribution in [0, 0.1) is 5.92 Å². The summed E-state index contributed by atoms with van der Waals surface area (Å²) in [5.74, 6) is 1.70. The highest BCUT2D eigenvalue weighted by atomic mass is 16.5. The van der Waals surface area contributed by atoms with Gasteiger partial charge >= 0.3 is 0 Å². The van der Waals surface area contributed by atoms with Crippen molar-refractivity contribution in [3.63, 3.8) is 0 Å². The van der Waals surface area contributed by atoms with Gasteiger partial charge in [0.1, 0.15) is 0 Å². The maximum atomic E-state index is 10.00. The van der Waals surface area contributed by atoms with E-state index in [9.17, 15) is 5.11 Å². The number of rotatable bonds is 8. The molecule has 0 saturated carbocycles. The molecule has 124 valence electrons. The number of benzene rings is 1. The third-order valence-corrected chi connectivity index (χ3v) is 3.54. The first-order chi connectivity index (χ1) is 10.4. The van der Waals surface area contributed by atoms with Crippen LogP contribution >= 0.6 is 0 Å². The van der Waals surface area contributed by atoms with Gasteiger partial charge in [-0.25, -0.2) is 4.99 Å². The molecule has 5 heteroatoms. The Hall–Kier alpha value is -1.91. The van der Waals surface area contributed by atoms with E-state index in [1.165, 1.54) is 20.0 Å². The van der Waals surface area contributed by atoms with E-state index < -0.39 is 0 Å². The molecule has 0 aromatic heterocycles. The molecular formula is C17H29N3O2. The van der Waals surface area contributed by atoms with E-state index in [0.29, 0.717) is 29.9 Å². The Balaban J connectivity index is 2.49. The second-order valence-corrected chi connectivity index (χ2v) is 6.04. The van der Waals surface area contributed by atoms with Crippen molar-refractivity contribution in [3.8, 4) is 11.5 Å². The molecule has 22 heavy (non-hydrogen) atoms. The number of nitrogens with one attached hydrogen (secondary N) is 1. The Morgan fingerprint density at radius 2 is 2.05 bits per heavy atom. The van der Waals surface area contributed by atoms with Crippen LogP contribution in [0.5, 0.6) is 11.5 Å². The molecule has 0 aliphatic carbocycles. The summed E-state index contributed by atoms with van der Waals surface area (Å²) in [6.45, 7) is 6.88. The van der Waals surface area contributed by atoms with Crippen LogP contribution in [0.15, 0.2) is 23.2 Å². The average Bonchev–Trinajstić information content (AvgIpc) is 2.45. The predicted octanol–water partition coefficient (Wildman–Crippen LogP) is 3.02. The first-order valence-corrected chi connectivity index (χ1v) is 7.85. The van der Waals surface area contributed by atoms with Crippen molar-refractivity contribution < 1.29 is 9.84 Å². The van der Waals surface area contributed by atoms with E-state index in [-0.39, 0.29) is 5.75 Å². The first kappa shape index (κ1) is 18.1. The second-order valence-electron chi connectivity index (χ2n) is 6.04. The van der Waals surface area contributed by atoms with Crippen LogP contribution in [-0.4, -0.2) is 24.2 Å². The smallest absolute Gasteiger partial charge is 0.189 e. The Morgan fingerprint density at radius 1 is 1.32 bits per heavy atom. The summed E-state index contributed by atoms with van der Waals surface area (Å²) in [4.78, 5) is 4.28. The number of hydrogen-bond donors (Lipinski definition) is 3. The summed E-state index contributed by atoms with van der Waals surface area (Å²) >= 11 is 0. The van der Waals surface area contributed by atoms with Gasteiger partial charge in [-0.1, -0.05) is 38.8 Å². The first-order valence-electron chi connectivity index (χ1n) is 7.85. The summed E-state index contributed by atoms with van der Waals surface area (Å²) < 4.78 is 5.08. The van der Waals surface area contributed by atoms with Crippen molar-refractivity contribution in [1.29, 1.82) is 0 Å². The van der Waals surface area contributed by atoms with Crippen LogP contribution < -0.4 is 15.8 Å². The van der Waals surface area contributed by atoms with Crippen LogP contribution in [0.3, 0.4) is 0 Å². The summed E-state index contributed by atoms with van der Waals surface area (Å²) in [5, 5.41) is 13.2. The molecule has 0 amide bonds. The minimum atomic E-state index is 0.117. The largest absolute Gasteiger partial charge is 0.504 e. The maximum absolute atomic E-state index is 10.00. The Kier molecular flexibility index (Phi) is 7.57. The zero-order chi connectivity index (χ0) is 16.5. The van der Waals surface area contributed by atoms with E-state index in [4.69, 9.17) is 10.5 Å². The van der Waals surface area contributed by atoms with Gasteiger partial charge in [-0.05, 0) is 25.3 Å². The molecule has 0 radical (unpaired) electrons. The van der Waals surface area contributed by atoms with Crippen molar-refractivity contribution in [3.05, 3.63) is 23.8 Å². The third-order valence-electron chi connectivity index (χ3n) is 3.54. The van der Waals surface area contributed by atoms with E-state index in [1.54, 1.807) is 12.1 Å². The highest BCUT2D eigenvalue weighted by Crippen LogP contribution is 2.29. The lowest BCUT2D eigenvalue weighted by atomic mass is 10.0. The zero-order valence-corrected chi connectivity index (χ0v) is 14.1. The van der Waals surface area contributed by atoms with Crippen LogP contribution in [0.4, 0.5) is 0 Å². The van der Waals surface area contributed by atoms with Gasteiger partial charge in [-0.3, -0.25) is 0 Å². The number of phenolic OH excluding ortho intramolecular Hbond substituents is 1. The summed E-state index contributed by atoms with van der Waals surface area (Å²) in [7, 11) is 1.52. The van der Waals surface area contributed by atoms with Crippen molar-refractivity contribution in [2.75, 3.05) is 7.11 Å². The molecule has 1 aromatic carbocycles. The number of para-hydroxylation sites is 1. The molecule has 1 rings (SSSR count). The predicted molar refractivity (Wildman–Crippen MR) is 91.3 cm³/mol. The number of hydrogen-bond acceptors (Lipinski definition) is 3. The number of guanidine groups is 1. The molecule has 1 aromatic rings. The lowest BCUT2D eigenvalue weighted by Gasteiger charge is -2.15. The Labute approximate surface area is 133 Å².